The molecule has 4 N–H and O–H groups in total. The van der Waals surface area contributed by atoms with Crippen LogP contribution < -0.4 is 10.6 Å². The molecule has 0 saturated heterocycles. The molecule has 0 heterocycles. The molecule has 0 aromatic carbocycles. The van der Waals surface area contributed by atoms with E-state index < -0.39 is 29.8 Å². The molecule has 0 radical (unpaired) electrons. The number of carbonyl (C=O) groups is 3. The number of aliphatic carboxylic acids is 2. The van der Waals surface area contributed by atoms with Crippen LogP contribution in [-0.4, -0.2) is 41.3 Å². The molecule has 0 aliphatic carbocycles. The normalized spacial score (nSPS) is 13.6. The van der Waals surface area contributed by atoms with Crippen molar-refractivity contribution in [1.82, 2.24) is 10.6 Å². The number of amides is 2. The molecule has 2 amide bonds. The lowest BCUT2D eigenvalue weighted by Crippen LogP contribution is -2.45. The first-order chi connectivity index (χ1) is 7.31. The fraction of sp³-hybridized carbons (Fsp3) is 0.667. The zero-order valence-corrected chi connectivity index (χ0v) is 9.24. The van der Waals surface area contributed by atoms with Crippen LogP contribution in [-0.2, 0) is 9.59 Å². The summed E-state index contributed by atoms with van der Waals surface area (Å²) in [6.07, 6.45) is -0.547. The smallest absolute Gasteiger partial charge is 0.314 e. The van der Waals surface area contributed by atoms with E-state index in [-0.39, 0.29) is 6.54 Å². The predicted molar refractivity (Wildman–Crippen MR) is 55.1 cm³/mol. The van der Waals surface area contributed by atoms with E-state index in [0.29, 0.717) is 6.54 Å². The molecule has 0 aliphatic heterocycles. The molecule has 0 saturated carbocycles. The lowest BCUT2D eigenvalue weighted by Gasteiger charge is -2.22. The monoisotopic (exact) mass is 232 g/mol. The predicted octanol–water partition coefficient (Wildman–Crippen LogP) is -0.129. The Morgan fingerprint density at radius 2 is 1.75 bits per heavy atom. The molecule has 0 bridgehead atoms. The number of hydrogen-bond donors (Lipinski definition) is 4. The molecule has 0 spiro atoms. The number of nitrogens with one attached hydrogen (secondary N) is 2. The Labute approximate surface area is 92.8 Å². The largest absolute Gasteiger partial charge is 0.481 e. The molecule has 0 rings (SSSR count). The Morgan fingerprint density at radius 1 is 1.19 bits per heavy atom. The lowest BCUT2D eigenvalue weighted by molar-refractivity contribution is -0.154. The van der Waals surface area contributed by atoms with E-state index in [1.807, 2.05) is 0 Å². The molecule has 1 atom stereocenters. The quantitative estimate of drug-likeness (QED) is 0.509. The van der Waals surface area contributed by atoms with Crippen LogP contribution in [0.3, 0.4) is 0 Å². The summed E-state index contributed by atoms with van der Waals surface area (Å²) < 4.78 is 0. The Balaban J connectivity index is 4.39. The maximum Gasteiger partial charge on any atom is 0.314 e. The van der Waals surface area contributed by atoms with Gasteiger partial charge in [-0.2, -0.15) is 0 Å². The number of carboxylic acid groups (broad SMARTS) is 2. The highest BCUT2D eigenvalue weighted by Gasteiger charge is 2.36. The minimum atomic E-state index is -1.50. The highest BCUT2D eigenvalue weighted by atomic mass is 16.4. The third kappa shape index (κ3) is 4.63. The van der Waals surface area contributed by atoms with Crippen molar-refractivity contribution in [2.24, 2.45) is 5.41 Å². The van der Waals surface area contributed by atoms with Crippen molar-refractivity contribution in [3.05, 3.63) is 0 Å². The number of hydrogen-bond acceptors (Lipinski definition) is 3. The van der Waals surface area contributed by atoms with Crippen LogP contribution in [0, 0.1) is 5.41 Å². The third-order valence-corrected chi connectivity index (χ3v) is 2.03. The average Bonchev–Trinajstić information content (AvgIpc) is 2.14. The second-order valence-electron chi connectivity index (χ2n) is 3.65. The van der Waals surface area contributed by atoms with Crippen molar-refractivity contribution in [2.45, 2.75) is 20.3 Å². The number of rotatable bonds is 6. The molecule has 0 fully saturated rings. The molecule has 0 aromatic rings. The Bertz CT molecular complexity index is 292. The van der Waals surface area contributed by atoms with Crippen molar-refractivity contribution < 1.29 is 24.6 Å². The van der Waals surface area contributed by atoms with Crippen LogP contribution in [0.15, 0.2) is 0 Å². The van der Waals surface area contributed by atoms with Crippen LogP contribution >= 0.6 is 0 Å². The molecule has 7 heteroatoms. The molecule has 16 heavy (non-hydrogen) atoms. The van der Waals surface area contributed by atoms with E-state index in [2.05, 4.69) is 10.6 Å². The van der Waals surface area contributed by atoms with Crippen LogP contribution in [0.4, 0.5) is 4.79 Å². The van der Waals surface area contributed by atoms with Gasteiger partial charge in [0.25, 0.3) is 0 Å². The summed E-state index contributed by atoms with van der Waals surface area (Å²) in [5.74, 6) is -2.48. The van der Waals surface area contributed by atoms with E-state index >= 15 is 0 Å². The van der Waals surface area contributed by atoms with Crippen molar-refractivity contribution in [1.29, 1.82) is 0 Å². The van der Waals surface area contributed by atoms with E-state index in [0.717, 1.165) is 0 Å². The van der Waals surface area contributed by atoms with Gasteiger partial charge < -0.3 is 20.8 Å². The highest BCUT2D eigenvalue weighted by Crippen LogP contribution is 2.20. The number of urea groups is 1. The van der Waals surface area contributed by atoms with Gasteiger partial charge in [-0.05, 0) is 13.8 Å². The summed E-state index contributed by atoms with van der Waals surface area (Å²) >= 11 is 0. The summed E-state index contributed by atoms with van der Waals surface area (Å²) in [6.45, 7) is 3.16. The zero-order valence-electron chi connectivity index (χ0n) is 9.24. The fourth-order valence-electron chi connectivity index (χ4n) is 1.05. The highest BCUT2D eigenvalue weighted by molar-refractivity contribution is 5.82. The summed E-state index contributed by atoms with van der Waals surface area (Å²) in [7, 11) is 0. The number of carbonyl (C=O) groups excluding carboxylic acids is 1. The van der Waals surface area contributed by atoms with Crippen LogP contribution in [0.2, 0.25) is 0 Å². The molecule has 1 unspecified atom stereocenters. The maximum atomic E-state index is 11.0. The number of carboxylic acids is 2. The first-order valence-electron chi connectivity index (χ1n) is 4.78. The van der Waals surface area contributed by atoms with Gasteiger partial charge in [0.05, 0.1) is 11.8 Å². The van der Waals surface area contributed by atoms with Gasteiger partial charge >= 0.3 is 18.0 Å². The van der Waals surface area contributed by atoms with E-state index in [1.54, 1.807) is 6.92 Å². The van der Waals surface area contributed by atoms with Gasteiger partial charge in [0.2, 0.25) is 0 Å². The SMILES string of the molecule is CCNC(=O)NCC(C)(CC(=O)O)C(=O)O. The van der Waals surface area contributed by atoms with Crippen LogP contribution in [0.1, 0.15) is 20.3 Å². The Morgan fingerprint density at radius 3 is 2.12 bits per heavy atom. The van der Waals surface area contributed by atoms with Gasteiger partial charge in [-0.3, -0.25) is 9.59 Å². The third-order valence-electron chi connectivity index (χ3n) is 2.03. The molecule has 0 aromatic heterocycles. The van der Waals surface area contributed by atoms with Crippen LogP contribution in [0.25, 0.3) is 0 Å². The molecule has 0 aliphatic rings. The zero-order chi connectivity index (χ0) is 12.8. The van der Waals surface area contributed by atoms with Gasteiger partial charge in [0, 0.05) is 13.1 Å². The Hall–Kier alpha value is -1.79. The molecule has 7 nitrogen and oxygen atoms in total. The van der Waals surface area contributed by atoms with Gasteiger partial charge in [0.1, 0.15) is 0 Å². The van der Waals surface area contributed by atoms with Crippen molar-refractivity contribution in [2.75, 3.05) is 13.1 Å². The molecule has 92 valence electrons. The van der Waals surface area contributed by atoms with E-state index in [1.165, 1.54) is 6.92 Å². The second-order valence-corrected chi connectivity index (χ2v) is 3.65. The van der Waals surface area contributed by atoms with Gasteiger partial charge in [-0.1, -0.05) is 0 Å². The maximum absolute atomic E-state index is 11.0. The topological polar surface area (TPSA) is 116 Å². The standard InChI is InChI=1S/C9H16N2O5/c1-3-10-8(16)11-5-9(2,7(14)15)4-6(12)13/h3-5H2,1-2H3,(H,12,13)(H,14,15)(H2,10,11,16). The van der Waals surface area contributed by atoms with E-state index in [9.17, 15) is 14.4 Å². The van der Waals surface area contributed by atoms with Gasteiger partial charge in [0.15, 0.2) is 0 Å². The summed E-state index contributed by atoms with van der Waals surface area (Å²) in [6, 6.07) is -0.514. The first-order valence-corrected chi connectivity index (χ1v) is 4.78. The first kappa shape index (κ1) is 14.2. The molecular formula is C9H16N2O5. The minimum Gasteiger partial charge on any atom is -0.481 e. The average molecular weight is 232 g/mol. The minimum absolute atomic E-state index is 0.236. The lowest BCUT2D eigenvalue weighted by atomic mass is 9.87. The van der Waals surface area contributed by atoms with Crippen molar-refractivity contribution in [3.63, 3.8) is 0 Å². The molecular weight excluding hydrogens is 216 g/mol. The van der Waals surface area contributed by atoms with Crippen LogP contribution in [0.5, 0.6) is 0 Å². The summed E-state index contributed by atoms with van der Waals surface area (Å²) in [4.78, 5) is 32.4. The van der Waals surface area contributed by atoms with Gasteiger partial charge in [-0.25, -0.2) is 4.79 Å². The van der Waals surface area contributed by atoms with Gasteiger partial charge in [-0.15, -0.1) is 0 Å². The Kier molecular flexibility index (Phi) is 5.27. The summed E-state index contributed by atoms with van der Waals surface area (Å²) in [5, 5.41) is 22.2. The van der Waals surface area contributed by atoms with E-state index in [4.69, 9.17) is 10.2 Å². The fourth-order valence-corrected chi connectivity index (χ4v) is 1.05. The van der Waals surface area contributed by atoms with Crippen molar-refractivity contribution >= 4 is 18.0 Å². The summed E-state index contributed by atoms with van der Waals surface area (Å²) in [5.41, 5.74) is -1.50. The second kappa shape index (κ2) is 5.94. The van der Waals surface area contributed by atoms with Crippen molar-refractivity contribution in [3.8, 4) is 0 Å².